The molecule has 4 nitrogen and oxygen atoms in total. The average Bonchev–Trinajstić information content (AvgIpc) is 2.88. The van der Waals surface area contributed by atoms with Gasteiger partial charge in [0, 0.05) is 6.42 Å². The SMILES string of the molecule is N=C(N)N1CCC(c2ccc3ccccc3c2)=N1. The first-order valence-corrected chi connectivity index (χ1v) is 5.92. The minimum Gasteiger partial charge on any atom is -0.369 e. The minimum absolute atomic E-state index is 0.00536. The summed E-state index contributed by atoms with van der Waals surface area (Å²) in [5.41, 5.74) is 7.54. The summed E-state index contributed by atoms with van der Waals surface area (Å²) in [6.45, 7) is 0.692. The summed E-state index contributed by atoms with van der Waals surface area (Å²) in [5.74, 6) is 0.00536. The highest BCUT2D eigenvalue weighted by Crippen LogP contribution is 2.19. The zero-order valence-corrected chi connectivity index (χ0v) is 9.93. The highest BCUT2D eigenvalue weighted by molar-refractivity contribution is 6.05. The van der Waals surface area contributed by atoms with E-state index in [1.54, 1.807) is 0 Å². The molecular formula is C14H14N4. The van der Waals surface area contributed by atoms with Gasteiger partial charge in [-0.3, -0.25) is 5.41 Å². The molecule has 0 aliphatic carbocycles. The Morgan fingerprint density at radius 2 is 1.94 bits per heavy atom. The summed E-state index contributed by atoms with van der Waals surface area (Å²) < 4.78 is 0. The van der Waals surface area contributed by atoms with Gasteiger partial charge in [0.05, 0.1) is 12.3 Å². The van der Waals surface area contributed by atoms with E-state index >= 15 is 0 Å². The molecule has 1 heterocycles. The zero-order valence-electron chi connectivity index (χ0n) is 9.93. The average molecular weight is 238 g/mol. The molecule has 4 heteroatoms. The molecular weight excluding hydrogens is 224 g/mol. The van der Waals surface area contributed by atoms with Crippen molar-refractivity contribution in [1.82, 2.24) is 5.01 Å². The van der Waals surface area contributed by atoms with E-state index in [0.717, 1.165) is 17.7 Å². The van der Waals surface area contributed by atoms with Crippen molar-refractivity contribution in [3.63, 3.8) is 0 Å². The number of hydrogen-bond acceptors (Lipinski definition) is 2. The van der Waals surface area contributed by atoms with Gasteiger partial charge in [-0.05, 0) is 22.4 Å². The summed E-state index contributed by atoms with van der Waals surface area (Å²) in [5, 5.41) is 15.7. The van der Waals surface area contributed by atoms with Crippen molar-refractivity contribution in [1.29, 1.82) is 5.41 Å². The molecule has 0 saturated heterocycles. The fourth-order valence-corrected chi connectivity index (χ4v) is 2.20. The van der Waals surface area contributed by atoms with Crippen molar-refractivity contribution in [2.24, 2.45) is 10.8 Å². The first-order chi connectivity index (χ1) is 8.74. The lowest BCUT2D eigenvalue weighted by Crippen LogP contribution is -2.29. The van der Waals surface area contributed by atoms with Crippen LogP contribution >= 0.6 is 0 Å². The van der Waals surface area contributed by atoms with Gasteiger partial charge < -0.3 is 5.73 Å². The molecule has 0 fully saturated rings. The van der Waals surface area contributed by atoms with Crippen LogP contribution in [0.15, 0.2) is 47.6 Å². The first kappa shape index (κ1) is 10.8. The van der Waals surface area contributed by atoms with Crippen molar-refractivity contribution >= 4 is 22.4 Å². The zero-order chi connectivity index (χ0) is 12.5. The Hall–Kier alpha value is -2.36. The van der Waals surface area contributed by atoms with Crippen LogP contribution in [0.5, 0.6) is 0 Å². The van der Waals surface area contributed by atoms with Crippen LogP contribution in [0.3, 0.4) is 0 Å². The quantitative estimate of drug-likeness (QED) is 0.590. The summed E-state index contributed by atoms with van der Waals surface area (Å²) >= 11 is 0. The van der Waals surface area contributed by atoms with E-state index in [1.165, 1.54) is 15.8 Å². The topological polar surface area (TPSA) is 65.5 Å². The fourth-order valence-electron chi connectivity index (χ4n) is 2.20. The Balaban J connectivity index is 2.00. The molecule has 1 aliphatic rings. The summed E-state index contributed by atoms with van der Waals surface area (Å²) in [4.78, 5) is 0. The van der Waals surface area contributed by atoms with Gasteiger partial charge in [0.15, 0.2) is 0 Å². The maximum absolute atomic E-state index is 7.37. The van der Waals surface area contributed by atoms with Crippen molar-refractivity contribution in [3.8, 4) is 0 Å². The molecule has 0 atom stereocenters. The minimum atomic E-state index is 0.00536. The van der Waals surface area contributed by atoms with Crippen LogP contribution in [0.1, 0.15) is 12.0 Å². The molecule has 90 valence electrons. The van der Waals surface area contributed by atoms with Gasteiger partial charge in [-0.15, -0.1) is 0 Å². The maximum Gasteiger partial charge on any atom is 0.209 e. The Kier molecular flexibility index (Phi) is 2.48. The van der Waals surface area contributed by atoms with Crippen molar-refractivity contribution in [2.45, 2.75) is 6.42 Å². The molecule has 1 aliphatic heterocycles. The first-order valence-electron chi connectivity index (χ1n) is 5.92. The number of nitrogens with two attached hydrogens (primary N) is 1. The molecule has 0 radical (unpaired) electrons. The third-order valence-electron chi connectivity index (χ3n) is 3.16. The molecule has 0 aromatic heterocycles. The highest BCUT2D eigenvalue weighted by atomic mass is 15.5. The molecule has 0 spiro atoms. The van der Waals surface area contributed by atoms with Crippen LogP contribution in [0, 0.1) is 5.41 Å². The van der Waals surface area contributed by atoms with Crippen LogP contribution in [0.4, 0.5) is 0 Å². The van der Waals surface area contributed by atoms with E-state index < -0.39 is 0 Å². The second-order valence-corrected chi connectivity index (χ2v) is 4.37. The van der Waals surface area contributed by atoms with E-state index in [4.69, 9.17) is 11.1 Å². The van der Waals surface area contributed by atoms with E-state index in [9.17, 15) is 0 Å². The third kappa shape index (κ3) is 1.82. The maximum atomic E-state index is 7.37. The van der Waals surface area contributed by atoms with Gasteiger partial charge in [-0.25, -0.2) is 5.01 Å². The predicted molar refractivity (Wildman–Crippen MR) is 73.7 cm³/mol. The van der Waals surface area contributed by atoms with E-state index in [-0.39, 0.29) is 5.96 Å². The molecule has 2 aromatic rings. The van der Waals surface area contributed by atoms with Gasteiger partial charge in [0.1, 0.15) is 0 Å². The molecule has 2 aromatic carbocycles. The normalized spacial score (nSPS) is 14.9. The Bertz CT molecular complexity index is 645. The molecule has 0 saturated carbocycles. The lowest BCUT2D eigenvalue weighted by molar-refractivity contribution is 0.482. The molecule has 0 unspecified atom stereocenters. The number of benzene rings is 2. The molecule has 3 N–H and O–H groups in total. The summed E-state index contributed by atoms with van der Waals surface area (Å²) in [6, 6.07) is 14.6. The standard InChI is InChI=1S/C14H14N4/c15-14(16)18-8-7-13(17-18)12-6-5-10-3-1-2-4-11(10)9-12/h1-6,9H,7-8H2,(H3,15,16). The Labute approximate surface area is 105 Å². The number of hydrogen-bond donors (Lipinski definition) is 2. The molecule has 0 amide bonds. The van der Waals surface area contributed by atoms with Gasteiger partial charge in [-0.2, -0.15) is 5.10 Å². The van der Waals surface area contributed by atoms with Crippen LogP contribution in [-0.4, -0.2) is 23.2 Å². The summed E-state index contributed by atoms with van der Waals surface area (Å²) in [7, 11) is 0. The second kappa shape index (κ2) is 4.14. The van der Waals surface area contributed by atoms with E-state index in [2.05, 4.69) is 35.4 Å². The summed E-state index contributed by atoms with van der Waals surface area (Å²) in [6.07, 6.45) is 0.831. The number of guanidine groups is 1. The van der Waals surface area contributed by atoms with Crippen LogP contribution < -0.4 is 5.73 Å². The van der Waals surface area contributed by atoms with Gasteiger partial charge in [-0.1, -0.05) is 36.4 Å². The number of nitrogens with one attached hydrogen (secondary N) is 1. The van der Waals surface area contributed by atoms with Crippen molar-refractivity contribution in [3.05, 3.63) is 48.0 Å². The van der Waals surface area contributed by atoms with Gasteiger partial charge in [0.25, 0.3) is 0 Å². The van der Waals surface area contributed by atoms with Crippen LogP contribution in [0.25, 0.3) is 10.8 Å². The molecule has 3 rings (SSSR count). The molecule has 0 bridgehead atoms. The van der Waals surface area contributed by atoms with Crippen LogP contribution in [-0.2, 0) is 0 Å². The lowest BCUT2D eigenvalue weighted by atomic mass is 10.0. The number of rotatable bonds is 1. The largest absolute Gasteiger partial charge is 0.369 e. The number of hydrazone groups is 1. The predicted octanol–water partition coefficient (Wildman–Crippen LogP) is 2.14. The van der Waals surface area contributed by atoms with Crippen molar-refractivity contribution < 1.29 is 0 Å². The fraction of sp³-hybridized carbons (Fsp3) is 0.143. The molecule has 18 heavy (non-hydrogen) atoms. The number of fused-ring (bicyclic) bond motifs is 1. The van der Waals surface area contributed by atoms with Gasteiger partial charge in [0.2, 0.25) is 5.96 Å². The highest BCUT2D eigenvalue weighted by Gasteiger charge is 2.17. The smallest absolute Gasteiger partial charge is 0.209 e. The monoisotopic (exact) mass is 238 g/mol. The Morgan fingerprint density at radius 1 is 1.17 bits per heavy atom. The van der Waals surface area contributed by atoms with E-state index in [0.29, 0.717) is 6.54 Å². The lowest BCUT2D eigenvalue weighted by Gasteiger charge is -2.08. The van der Waals surface area contributed by atoms with Crippen molar-refractivity contribution in [2.75, 3.05) is 6.54 Å². The second-order valence-electron chi connectivity index (χ2n) is 4.37. The third-order valence-corrected chi connectivity index (χ3v) is 3.16. The van der Waals surface area contributed by atoms with Gasteiger partial charge >= 0.3 is 0 Å². The Morgan fingerprint density at radius 3 is 2.67 bits per heavy atom. The van der Waals surface area contributed by atoms with E-state index in [1.807, 2.05) is 12.1 Å². The van der Waals surface area contributed by atoms with Crippen LogP contribution in [0.2, 0.25) is 0 Å². The number of nitrogens with zero attached hydrogens (tertiary/aromatic N) is 2.